The summed E-state index contributed by atoms with van der Waals surface area (Å²) in [7, 11) is 3.27. The van der Waals surface area contributed by atoms with E-state index in [9.17, 15) is 9.59 Å². The fourth-order valence-electron chi connectivity index (χ4n) is 3.63. The number of benzene rings is 1. The van der Waals surface area contributed by atoms with Gasteiger partial charge in [-0.15, -0.1) is 0 Å². The lowest BCUT2D eigenvalue weighted by molar-refractivity contribution is 0.0598. The molecular weight excluding hydrogens is 370 g/mol. The number of ether oxygens (including phenoxy) is 2. The van der Waals surface area contributed by atoms with Crippen LogP contribution < -0.4 is 15.4 Å². The predicted octanol–water partition coefficient (Wildman–Crippen LogP) is 3.20. The number of H-pyrrole nitrogens is 1. The maximum Gasteiger partial charge on any atom is 0.271 e. The van der Waals surface area contributed by atoms with Crippen molar-refractivity contribution in [3.8, 4) is 5.75 Å². The third-order valence-electron chi connectivity index (χ3n) is 5.40. The number of methoxy groups -OCH3 is 1. The Morgan fingerprint density at radius 2 is 1.79 bits per heavy atom. The van der Waals surface area contributed by atoms with Crippen LogP contribution in [-0.4, -0.2) is 43.1 Å². The number of aromatic amines is 1. The molecule has 3 N–H and O–H groups in total. The van der Waals surface area contributed by atoms with Gasteiger partial charge in [0.25, 0.3) is 11.8 Å². The topological polar surface area (TPSA) is 92.5 Å². The fourth-order valence-corrected chi connectivity index (χ4v) is 3.63. The first-order valence-corrected chi connectivity index (χ1v) is 10.0. The summed E-state index contributed by atoms with van der Waals surface area (Å²) in [4.78, 5) is 27.9. The minimum absolute atomic E-state index is 0.105. The van der Waals surface area contributed by atoms with Crippen molar-refractivity contribution in [1.82, 2.24) is 15.6 Å². The highest BCUT2D eigenvalue weighted by atomic mass is 16.5. The third-order valence-corrected chi connectivity index (χ3v) is 5.40. The van der Waals surface area contributed by atoms with Crippen molar-refractivity contribution in [1.29, 1.82) is 0 Å². The molecule has 1 fully saturated rings. The molecule has 1 aliphatic rings. The number of hydrogen-bond acceptors (Lipinski definition) is 4. The van der Waals surface area contributed by atoms with Crippen LogP contribution >= 0.6 is 0 Å². The summed E-state index contributed by atoms with van der Waals surface area (Å²) in [5, 5.41) is 5.63. The second-order valence-corrected chi connectivity index (χ2v) is 7.35. The molecule has 1 aliphatic carbocycles. The van der Waals surface area contributed by atoms with Crippen LogP contribution in [0.15, 0.2) is 36.4 Å². The quantitative estimate of drug-likeness (QED) is 0.667. The second kappa shape index (κ2) is 9.60. The number of nitrogens with one attached hydrogen (secondary N) is 3. The number of carbonyl (C=O) groups excluding carboxylic acids is 2. The molecule has 2 aromatic rings. The van der Waals surface area contributed by atoms with Gasteiger partial charge in [0.15, 0.2) is 5.75 Å². The largest absolute Gasteiger partial charge is 0.484 e. The summed E-state index contributed by atoms with van der Waals surface area (Å²) < 4.78 is 11.4. The molecule has 0 bridgehead atoms. The first-order valence-electron chi connectivity index (χ1n) is 10.0. The summed E-state index contributed by atoms with van der Waals surface area (Å²) in [6, 6.07) is 11.4. The van der Waals surface area contributed by atoms with Crippen LogP contribution in [0.4, 0.5) is 0 Å². The Bertz CT molecular complexity index is 826. The number of rotatable bonds is 7. The summed E-state index contributed by atoms with van der Waals surface area (Å²) in [6.07, 6.45) is 3.61. The van der Waals surface area contributed by atoms with Crippen LogP contribution in [0.25, 0.3) is 0 Å². The molecular formula is C22H29N3O4. The van der Waals surface area contributed by atoms with Gasteiger partial charge in [0.2, 0.25) is 0 Å². The molecule has 0 radical (unpaired) electrons. The zero-order valence-electron chi connectivity index (χ0n) is 17.2. The molecule has 2 amide bonds. The van der Waals surface area contributed by atoms with Gasteiger partial charge in [0.1, 0.15) is 17.5 Å². The van der Waals surface area contributed by atoms with Crippen molar-refractivity contribution in [2.24, 2.45) is 0 Å². The fraction of sp³-hybridized carbons (Fsp3) is 0.455. The molecule has 7 nitrogen and oxygen atoms in total. The maximum atomic E-state index is 12.7. The summed E-state index contributed by atoms with van der Waals surface area (Å²) in [5.41, 5.74) is 1.54. The van der Waals surface area contributed by atoms with E-state index in [0.717, 1.165) is 31.2 Å². The second-order valence-electron chi connectivity index (χ2n) is 7.35. The highest BCUT2D eigenvalue weighted by Gasteiger charge is 2.25. The van der Waals surface area contributed by atoms with E-state index < -0.39 is 0 Å². The minimum Gasteiger partial charge on any atom is -0.484 e. The summed E-state index contributed by atoms with van der Waals surface area (Å²) in [5.74, 6) is -0.216. The lowest BCUT2D eigenvalue weighted by Gasteiger charge is -2.28. The molecule has 1 heterocycles. The van der Waals surface area contributed by atoms with Gasteiger partial charge in [-0.05, 0) is 38.2 Å². The molecule has 1 aromatic carbocycles. The lowest BCUT2D eigenvalue weighted by Crippen LogP contribution is -2.39. The molecule has 1 aromatic heterocycles. The Morgan fingerprint density at radius 1 is 1.10 bits per heavy atom. The van der Waals surface area contributed by atoms with Gasteiger partial charge in [-0.1, -0.05) is 30.3 Å². The molecule has 1 atom stereocenters. The third kappa shape index (κ3) is 5.17. The van der Waals surface area contributed by atoms with E-state index >= 15 is 0 Å². The first-order chi connectivity index (χ1) is 14.0. The molecule has 7 heteroatoms. The maximum absolute atomic E-state index is 12.7. The van der Waals surface area contributed by atoms with Crippen LogP contribution in [-0.2, 0) is 4.74 Å². The van der Waals surface area contributed by atoms with E-state index in [4.69, 9.17) is 9.47 Å². The highest BCUT2D eigenvalue weighted by Crippen LogP contribution is 2.27. The summed E-state index contributed by atoms with van der Waals surface area (Å²) >= 11 is 0. The molecule has 3 rings (SSSR count). The molecule has 29 heavy (non-hydrogen) atoms. The normalized spacial score (nSPS) is 20.0. The van der Waals surface area contributed by atoms with Crippen LogP contribution in [0.1, 0.15) is 65.3 Å². The molecule has 1 saturated carbocycles. The van der Waals surface area contributed by atoms with E-state index in [-0.39, 0.29) is 35.8 Å². The van der Waals surface area contributed by atoms with Crippen molar-refractivity contribution in [2.45, 2.75) is 50.9 Å². The van der Waals surface area contributed by atoms with Gasteiger partial charge in [0.05, 0.1) is 6.10 Å². The van der Waals surface area contributed by atoms with Gasteiger partial charge < -0.3 is 25.1 Å². The van der Waals surface area contributed by atoms with E-state index in [1.165, 1.54) is 0 Å². The highest BCUT2D eigenvalue weighted by molar-refractivity contribution is 5.99. The lowest BCUT2D eigenvalue weighted by atomic mass is 9.93. The van der Waals surface area contributed by atoms with Gasteiger partial charge in [-0.3, -0.25) is 9.59 Å². The van der Waals surface area contributed by atoms with Gasteiger partial charge >= 0.3 is 0 Å². The number of aromatic nitrogens is 1. The number of carbonyl (C=O) groups is 2. The standard InChI is InChI=1S/C22H29N3O4/c1-14(15-7-5-4-6-8-15)29-19-13-18(25-20(19)22(27)23-2)21(26)24-16-9-11-17(28-3)12-10-16/h4-8,13-14,16-17,25H,9-12H2,1-3H3,(H,23,27)(H,24,26)/t14?,16-,17-. The Hall–Kier alpha value is -2.80. The van der Waals surface area contributed by atoms with Crippen LogP contribution in [0, 0.1) is 0 Å². The zero-order chi connectivity index (χ0) is 20.8. The monoisotopic (exact) mass is 399 g/mol. The van der Waals surface area contributed by atoms with E-state index in [1.54, 1.807) is 20.2 Å². The van der Waals surface area contributed by atoms with Crippen molar-refractivity contribution in [3.05, 3.63) is 53.3 Å². The van der Waals surface area contributed by atoms with Crippen LogP contribution in [0.5, 0.6) is 5.75 Å². The smallest absolute Gasteiger partial charge is 0.271 e. The Labute approximate surface area is 171 Å². The Morgan fingerprint density at radius 3 is 2.41 bits per heavy atom. The van der Waals surface area contributed by atoms with Gasteiger partial charge in [0, 0.05) is 26.3 Å². The average Bonchev–Trinajstić information content (AvgIpc) is 3.18. The SMILES string of the molecule is CNC(=O)c1[nH]c(C(=O)N[C@H]2CC[C@H](OC)CC2)cc1OC(C)c1ccccc1. The van der Waals surface area contributed by atoms with Gasteiger partial charge in [-0.2, -0.15) is 0 Å². The predicted molar refractivity (Wildman–Crippen MR) is 110 cm³/mol. The van der Waals surface area contributed by atoms with Crippen molar-refractivity contribution in [2.75, 3.05) is 14.2 Å². The molecule has 1 unspecified atom stereocenters. The van der Waals surface area contributed by atoms with E-state index in [1.807, 2.05) is 37.3 Å². The molecule has 156 valence electrons. The summed E-state index contributed by atoms with van der Waals surface area (Å²) in [6.45, 7) is 1.91. The zero-order valence-corrected chi connectivity index (χ0v) is 17.2. The van der Waals surface area contributed by atoms with Crippen molar-refractivity contribution >= 4 is 11.8 Å². The number of amides is 2. The molecule has 0 saturated heterocycles. The minimum atomic E-state index is -0.333. The van der Waals surface area contributed by atoms with Gasteiger partial charge in [-0.25, -0.2) is 0 Å². The Kier molecular flexibility index (Phi) is 6.93. The first kappa shape index (κ1) is 20.9. The van der Waals surface area contributed by atoms with Crippen LogP contribution in [0.2, 0.25) is 0 Å². The molecule has 0 spiro atoms. The van der Waals surface area contributed by atoms with E-state index in [0.29, 0.717) is 11.4 Å². The average molecular weight is 399 g/mol. The van der Waals surface area contributed by atoms with E-state index in [2.05, 4.69) is 15.6 Å². The molecule has 0 aliphatic heterocycles. The van der Waals surface area contributed by atoms with Crippen LogP contribution in [0.3, 0.4) is 0 Å². The van der Waals surface area contributed by atoms with Crippen molar-refractivity contribution < 1.29 is 19.1 Å². The number of hydrogen-bond donors (Lipinski definition) is 3. The Balaban J connectivity index is 1.72. The van der Waals surface area contributed by atoms with Crippen molar-refractivity contribution in [3.63, 3.8) is 0 Å².